The number of amides is 2. The van der Waals surface area contributed by atoms with E-state index in [1.54, 1.807) is 6.92 Å². The van der Waals surface area contributed by atoms with E-state index in [0.717, 1.165) is 0 Å². The zero-order valence-corrected chi connectivity index (χ0v) is 7.00. The molecule has 1 aliphatic rings. The molecule has 0 saturated carbocycles. The second kappa shape index (κ2) is 3.27. The van der Waals surface area contributed by atoms with Crippen molar-refractivity contribution < 1.29 is 14.7 Å². The van der Waals surface area contributed by atoms with Gasteiger partial charge in [0.15, 0.2) is 5.76 Å². The maximum atomic E-state index is 11.1. The summed E-state index contributed by atoms with van der Waals surface area (Å²) in [6.45, 7) is 1.60. The first-order valence-corrected chi connectivity index (χ1v) is 3.73. The van der Waals surface area contributed by atoms with Crippen molar-refractivity contribution in [2.24, 2.45) is 5.92 Å². The van der Waals surface area contributed by atoms with Gasteiger partial charge in [0.2, 0.25) is 0 Å². The number of aliphatic hydroxyl groups is 1. The molecule has 0 bridgehead atoms. The fraction of sp³-hybridized carbons (Fsp3) is 0.375. The van der Waals surface area contributed by atoms with E-state index < -0.39 is 23.5 Å². The summed E-state index contributed by atoms with van der Waals surface area (Å²) in [5.41, 5.74) is 0.00606. The molecular weight excluding hydrogens is 172 g/mol. The summed E-state index contributed by atoms with van der Waals surface area (Å²) in [6, 6.07) is 1.86. The first-order chi connectivity index (χ1) is 6.07. The summed E-state index contributed by atoms with van der Waals surface area (Å²) in [5, 5.41) is 19.5. The normalized spacial score (nSPS) is 18.5. The lowest BCUT2D eigenvalue weighted by atomic mass is 9.98. The number of nitrogens with one attached hydrogen (secondary N) is 1. The summed E-state index contributed by atoms with van der Waals surface area (Å²) >= 11 is 0. The highest BCUT2D eigenvalue weighted by Gasteiger charge is 2.33. The van der Waals surface area contributed by atoms with E-state index in [9.17, 15) is 9.59 Å². The minimum absolute atomic E-state index is 0.00606. The molecule has 0 aromatic carbocycles. The van der Waals surface area contributed by atoms with Crippen molar-refractivity contribution in [2.45, 2.75) is 13.3 Å². The van der Waals surface area contributed by atoms with E-state index in [1.165, 1.54) is 0 Å². The van der Waals surface area contributed by atoms with Crippen LogP contribution in [0.5, 0.6) is 0 Å². The van der Waals surface area contributed by atoms with Crippen LogP contribution in [0.3, 0.4) is 0 Å². The Balaban J connectivity index is 2.96. The first-order valence-electron chi connectivity index (χ1n) is 3.73. The average Bonchev–Trinajstić information content (AvgIpc) is 2.27. The third-order valence-corrected chi connectivity index (χ3v) is 1.83. The number of nitrogens with zero attached hydrogens (tertiary/aromatic N) is 1. The first kappa shape index (κ1) is 9.26. The number of hydrogen-bond donors (Lipinski definition) is 2. The molecule has 1 heterocycles. The second-order valence-electron chi connectivity index (χ2n) is 2.81. The molecule has 68 valence electrons. The largest absolute Gasteiger partial charge is 0.503 e. The van der Waals surface area contributed by atoms with Gasteiger partial charge in [-0.2, -0.15) is 5.26 Å². The molecule has 0 aromatic rings. The molecule has 5 nitrogen and oxygen atoms in total. The molecule has 0 spiro atoms. The van der Waals surface area contributed by atoms with Crippen molar-refractivity contribution in [3.8, 4) is 6.07 Å². The Bertz CT molecular complexity index is 338. The van der Waals surface area contributed by atoms with E-state index in [2.05, 4.69) is 0 Å². The van der Waals surface area contributed by atoms with Gasteiger partial charge >= 0.3 is 0 Å². The van der Waals surface area contributed by atoms with Crippen molar-refractivity contribution in [3.63, 3.8) is 0 Å². The Kier molecular flexibility index (Phi) is 2.33. The van der Waals surface area contributed by atoms with Gasteiger partial charge in [0.1, 0.15) is 0 Å². The molecule has 1 aliphatic heterocycles. The maximum Gasteiger partial charge on any atom is 0.293 e. The quantitative estimate of drug-likeness (QED) is 0.585. The summed E-state index contributed by atoms with van der Waals surface area (Å²) in [7, 11) is 0. The molecule has 13 heavy (non-hydrogen) atoms. The summed E-state index contributed by atoms with van der Waals surface area (Å²) in [6.07, 6.45) is 0.0973. The third kappa shape index (κ3) is 1.51. The highest BCUT2D eigenvalue weighted by molar-refractivity contribution is 6.18. The lowest BCUT2D eigenvalue weighted by Gasteiger charge is -2.04. The molecule has 0 aromatic heterocycles. The topological polar surface area (TPSA) is 90.2 Å². The Morgan fingerprint density at radius 2 is 2.15 bits per heavy atom. The highest BCUT2D eigenvalue weighted by Crippen LogP contribution is 2.21. The van der Waals surface area contributed by atoms with Gasteiger partial charge in [-0.25, -0.2) is 0 Å². The molecule has 0 fully saturated rings. The number of imide groups is 1. The molecule has 1 atom stereocenters. The van der Waals surface area contributed by atoms with Crippen LogP contribution in [-0.2, 0) is 9.59 Å². The van der Waals surface area contributed by atoms with Gasteiger partial charge in [0, 0.05) is 12.3 Å². The lowest BCUT2D eigenvalue weighted by Crippen LogP contribution is -2.24. The number of aliphatic hydroxyl groups excluding tert-OH is 1. The summed E-state index contributed by atoms with van der Waals surface area (Å²) < 4.78 is 0. The van der Waals surface area contributed by atoms with Crippen LogP contribution in [0.2, 0.25) is 0 Å². The molecule has 1 rings (SSSR count). The van der Waals surface area contributed by atoms with Crippen molar-refractivity contribution in [1.82, 2.24) is 5.32 Å². The maximum absolute atomic E-state index is 11.1. The van der Waals surface area contributed by atoms with Gasteiger partial charge in [0.25, 0.3) is 11.8 Å². The molecule has 0 saturated heterocycles. The molecule has 0 radical (unpaired) electrons. The molecular formula is C8H8N2O3. The van der Waals surface area contributed by atoms with Gasteiger partial charge < -0.3 is 5.11 Å². The molecule has 0 aliphatic carbocycles. The van der Waals surface area contributed by atoms with E-state index in [4.69, 9.17) is 10.4 Å². The fourth-order valence-electron chi connectivity index (χ4n) is 1.16. The van der Waals surface area contributed by atoms with Crippen molar-refractivity contribution in [1.29, 1.82) is 5.26 Å². The monoisotopic (exact) mass is 180 g/mol. The third-order valence-electron chi connectivity index (χ3n) is 1.83. The zero-order valence-electron chi connectivity index (χ0n) is 7.00. The number of carbonyl (C=O) groups is 2. The van der Waals surface area contributed by atoms with Gasteiger partial charge in [-0.1, -0.05) is 6.92 Å². The van der Waals surface area contributed by atoms with E-state index >= 15 is 0 Å². The zero-order chi connectivity index (χ0) is 10.0. The number of carbonyl (C=O) groups excluding carboxylic acids is 2. The number of hydrogen-bond acceptors (Lipinski definition) is 4. The van der Waals surface area contributed by atoms with E-state index in [0.29, 0.717) is 0 Å². The average molecular weight is 180 g/mol. The highest BCUT2D eigenvalue weighted by atomic mass is 16.3. The molecule has 5 heteroatoms. The van der Waals surface area contributed by atoms with Crippen LogP contribution in [-0.4, -0.2) is 16.9 Å². The Morgan fingerprint density at radius 3 is 2.54 bits per heavy atom. The fourth-order valence-corrected chi connectivity index (χ4v) is 1.16. The lowest BCUT2D eigenvalue weighted by molar-refractivity contribution is -0.125. The Morgan fingerprint density at radius 1 is 1.54 bits per heavy atom. The second-order valence-corrected chi connectivity index (χ2v) is 2.81. The predicted octanol–water partition coefficient (Wildman–Crippen LogP) is 0.00468. The molecule has 2 amide bonds. The van der Waals surface area contributed by atoms with Gasteiger partial charge in [0.05, 0.1) is 11.6 Å². The summed E-state index contributed by atoms with van der Waals surface area (Å²) in [4.78, 5) is 21.8. The van der Waals surface area contributed by atoms with Crippen LogP contribution in [0, 0.1) is 17.2 Å². The smallest absolute Gasteiger partial charge is 0.293 e. The van der Waals surface area contributed by atoms with Gasteiger partial charge in [-0.15, -0.1) is 0 Å². The van der Waals surface area contributed by atoms with Crippen molar-refractivity contribution in [2.75, 3.05) is 0 Å². The van der Waals surface area contributed by atoms with Crippen LogP contribution < -0.4 is 5.32 Å². The number of rotatable bonds is 2. The molecule has 2 N–H and O–H groups in total. The standard InChI is InChI=1S/C8H8N2O3/c1-4(2-3-9)5-6(11)8(13)10-7(5)12/h4H,2H2,1H3,(H2,10,11,12,13)/t4-/m0/s1. The minimum Gasteiger partial charge on any atom is -0.503 e. The van der Waals surface area contributed by atoms with Crippen LogP contribution in [0.25, 0.3) is 0 Å². The SMILES string of the molecule is C[C@@H](CC#N)C1=C(O)C(=O)NC1=O. The van der Waals surface area contributed by atoms with Crippen molar-refractivity contribution in [3.05, 3.63) is 11.3 Å². The van der Waals surface area contributed by atoms with Gasteiger partial charge in [-0.05, 0) is 0 Å². The summed E-state index contributed by atoms with van der Waals surface area (Å²) in [5.74, 6) is -2.38. The van der Waals surface area contributed by atoms with Crippen LogP contribution in [0.1, 0.15) is 13.3 Å². The van der Waals surface area contributed by atoms with E-state index in [1.807, 2.05) is 11.4 Å². The van der Waals surface area contributed by atoms with Crippen LogP contribution in [0.4, 0.5) is 0 Å². The minimum atomic E-state index is -0.787. The van der Waals surface area contributed by atoms with Crippen molar-refractivity contribution >= 4 is 11.8 Å². The van der Waals surface area contributed by atoms with E-state index in [-0.39, 0.29) is 12.0 Å². The number of nitriles is 1. The Labute approximate surface area is 74.7 Å². The predicted molar refractivity (Wildman–Crippen MR) is 42.2 cm³/mol. The van der Waals surface area contributed by atoms with Crippen LogP contribution >= 0.6 is 0 Å². The molecule has 0 unspecified atom stereocenters. The van der Waals surface area contributed by atoms with Crippen LogP contribution in [0.15, 0.2) is 11.3 Å². The Hall–Kier alpha value is -1.83. The van der Waals surface area contributed by atoms with Gasteiger partial charge in [-0.3, -0.25) is 14.9 Å².